The number of carbonyl (C=O) groups is 3. The molecule has 1 unspecified atom stereocenters. The highest BCUT2D eigenvalue weighted by Gasteiger charge is 2.37. The average molecular weight is 370 g/mol. The maximum atomic E-state index is 14.4. The Hall–Kier alpha value is -2.77. The molecule has 0 N–H and O–H groups in total. The van der Waals surface area contributed by atoms with Gasteiger partial charge in [-0.1, -0.05) is 13.5 Å². The van der Waals surface area contributed by atoms with Crippen molar-refractivity contribution in [2.45, 2.75) is 32.6 Å². The molecule has 0 amide bonds. The minimum Gasteiger partial charge on any atom is -0.465 e. The summed E-state index contributed by atoms with van der Waals surface area (Å²) >= 11 is 0. The summed E-state index contributed by atoms with van der Waals surface area (Å²) < 4.78 is 42.9. The number of rotatable bonds is 8. The lowest BCUT2D eigenvalue weighted by Gasteiger charge is -2.17. The molecule has 8 heteroatoms. The van der Waals surface area contributed by atoms with Crippen LogP contribution in [-0.4, -0.2) is 31.6 Å². The molecule has 1 aromatic carbocycles. The van der Waals surface area contributed by atoms with Crippen LogP contribution in [0.15, 0.2) is 24.5 Å². The number of hydrogen-bond acceptors (Lipinski definition) is 6. The Morgan fingerprint density at radius 2 is 1.69 bits per heavy atom. The lowest BCUT2D eigenvalue weighted by Crippen LogP contribution is -2.28. The molecule has 26 heavy (non-hydrogen) atoms. The van der Waals surface area contributed by atoms with Gasteiger partial charge in [-0.3, -0.25) is 9.59 Å². The first kappa shape index (κ1) is 21.3. The van der Waals surface area contributed by atoms with Gasteiger partial charge in [-0.25, -0.2) is 13.6 Å². The van der Waals surface area contributed by atoms with Crippen LogP contribution in [0.2, 0.25) is 0 Å². The zero-order chi connectivity index (χ0) is 19.9. The molecule has 1 rings (SSSR count). The van der Waals surface area contributed by atoms with E-state index in [1.54, 1.807) is 0 Å². The number of halogens is 2. The third-order valence-corrected chi connectivity index (χ3v) is 3.32. The van der Waals surface area contributed by atoms with Crippen LogP contribution in [0.4, 0.5) is 8.78 Å². The second-order valence-corrected chi connectivity index (χ2v) is 5.24. The fourth-order valence-corrected chi connectivity index (χ4v) is 2.18. The van der Waals surface area contributed by atoms with E-state index in [9.17, 15) is 23.2 Å². The Labute approximate surface area is 149 Å². The first-order chi connectivity index (χ1) is 12.3. The van der Waals surface area contributed by atoms with Crippen LogP contribution >= 0.6 is 0 Å². The minimum atomic E-state index is -1.99. The maximum Gasteiger partial charge on any atom is 0.338 e. The van der Waals surface area contributed by atoms with Crippen LogP contribution in [0.1, 0.15) is 48.5 Å². The van der Waals surface area contributed by atoms with Crippen LogP contribution in [0.5, 0.6) is 0 Å². The Morgan fingerprint density at radius 3 is 2.15 bits per heavy atom. The van der Waals surface area contributed by atoms with Crippen LogP contribution < -0.4 is 0 Å². The fraction of sp³-hybridized carbons (Fsp3) is 0.389. The molecule has 0 saturated carbocycles. The summed E-state index contributed by atoms with van der Waals surface area (Å²) in [6.07, 6.45) is 0.945. The molecule has 0 aliphatic rings. The van der Waals surface area contributed by atoms with E-state index in [1.165, 1.54) is 6.92 Å². The zero-order valence-electron chi connectivity index (χ0n) is 14.8. The smallest absolute Gasteiger partial charge is 0.338 e. The van der Waals surface area contributed by atoms with E-state index in [0.717, 1.165) is 7.11 Å². The summed E-state index contributed by atoms with van der Waals surface area (Å²) in [4.78, 5) is 35.9. The summed E-state index contributed by atoms with van der Waals surface area (Å²) in [5.41, 5.74) is -1.27. The van der Waals surface area contributed by atoms with Gasteiger partial charge in [0.2, 0.25) is 0 Å². The summed E-state index contributed by atoms with van der Waals surface area (Å²) in [7, 11) is 1.05. The highest BCUT2D eigenvalue weighted by molar-refractivity contribution is 6.01. The third-order valence-electron chi connectivity index (χ3n) is 3.32. The van der Waals surface area contributed by atoms with Crippen molar-refractivity contribution in [3.05, 3.63) is 47.2 Å². The van der Waals surface area contributed by atoms with E-state index in [0.29, 0.717) is 25.0 Å². The normalized spacial score (nSPS) is 11.4. The molecular weight excluding hydrogens is 350 g/mol. The van der Waals surface area contributed by atoms with Gasteiger partial charge in [0.25, 0.3) is 0 Å². The third kappa shape index (κ3) is 5.11. The molecule has 0 bridgehead atoms. The number of esters is 3. The number of carbonyl (C=O) groups excluding carboxylic acids is 3. The summed E-state index contributed by atoms with van der Waals surface area (Å²) in [6, 6.07) is 1.34. The van der Waals surface area contributed by atoms with Gasteiger partial charge in [0.1, 0.15) is 17.4 Å². The van der Waals surface area contributed by atoms with Crippen molar-refractivity contribution >= 4 is 17.9 Å². The van der Waals surface area contributed by atoms with E-state index in [2.05, 4.69) is 11.3 Å². The molecule has 0 aliphatic carbocycles. The van der Waals surface area contributed by atoms with Crippen LogP contribution in [-0.2, 0) is 23.8 Å². The summed E-state index contributed by atoms with van der Waals surface area (Å²) in [5.74, 6) is -7.85. The van der Waals surface area contributed by atoms with Crippen molar-refractivity contribution in [3.8, 4) is 0 Å². The number of hydrogen-bond donors (Lipinski definition) is 0. The molecule has 0 radical (unpaired) electrons. The van der Waals surface area contributed by atoms with Gasteiger partial charge in [-0.05, 0) is 25.5 Å². The molecule has 0 heterocycles. The molecule has 0 aliphatic heterocycles. The van der Waals surface area contributed by atoms with E-state index in [-0.39, 0.29) is 12.4 Å². The standard InChI is InChI=1S/C18H20F2O6/c1-5-7-10(3)26-18(23)15(17(22)25-6-2)14-12(19)8-11(9-13(14)20)16(21)24-4/h8-9,15H,3,5-7H2,1-2,4H3. The lowest BCUT2D eigenvalue weighted by atomic mass is 9.96. The lowest BCUT2D eigenvalue weighted by molar-refractivity contribution is -0.155. The number of methoxy groups -OCH3 is 1. The van der Waals surface area contributed by atoms with Crippen molar-refractivity contribution in [1.29, 1.82) is 0 Å². The Morgan fingerprint density at radius 1 is 1.12 bits per heavy atom. The maximum absolute atomic E-state index is 14.4. The van der Waals surface area contributed by atoms with Gasteiger partial charge in [-0.2, -0.15) is 0 Å². The van der Waals surface area contributed by atoms with Crippen molar-refractivity contribution in [2.24, 2.45) is 0 Å². The molecule has 0 saturated heterocycles. The topological polar surface area (TPSA) is 78.9 Å². The van der Waals surface area contributed by atoms with Crippen LogP contribution in [0, 0.1) is 11.6 Å². The monoisotopic (exact) mass is 370 g/mol. The van der Waals surface area contributed by atoms with Gasteiger partial charge in [0.15, 0.2) is 5.92 Å². The predicted molar refractivity (Wildman–Crippen MR) is 87.2 cm³/mol. The van der Waals surface area contributed by atoms with Crippen molar-refractivity contribution in [1.82, 2.24) is 0 Å². The molecule has 1 aromatic rings. The SMILES string of the molecule is C=C(CCC)OC(=O)C(C(=O)OCC)c1c(F)cc(C(=O)OC)cc1F. The first-order valence-electron chi connectivity index (χ1n) is 7.90. The van der Waals surface area contributed by atoms with Crippen molar-refractivity contribution < 1.29 is 37.4 Å². The number of ether oxygens (including phenoxy) is 3. The quantitative estimate of drug-likeness (QED) is 0.302. The van der Waals surface area contributed by atoms with E-state index >= 15 is 0 Å². The molecule has 142 valence electrons. The summed E-state index contributed by atoms with van der Waals surface area (Å²) in [6.45, 7) is 6.69. The second kappa shape index (κ2) is 9.65. The highest BCUT2D eigenvalue weighted by atomic mass is 19.1. The molecule has 0 aromatic heterocycles. The van der Waals surface area contributed by atoms with Crippen molar-refractivity contribution in [2.75, 3.05) is 13.7 Å². The van der Waals surface area contributed by atoms with E-state index in [4.69, 9.17) is 9.47 Å². The largest absolute Gasteiger partial charge is 0.465 e. The van der Waals surface area contributed by atoms with Crippen LogP contribution in [0.3, 0.4) is 0 Å². The Kier molecular flexibility index (Phi) is 7.89. The molecule has 1 atom stereocenters. The molecule has 0 fully saturated rings. The van der Waals surface area contributed by atoms with Crippen molar-refractivity contribution in [3.63, 3.8) is 0 Å². The molecule has 0 spiro atoms. The van der Waals surface area contributed by atoms with Gasteiger partial charge in [0.05, 0.1) is 19.3 Å². The highest BCUT2D eigenvalue weighted by Crippen LogP contribution is 2.28. The molecular formula is C18H20F2O6. The van der Waals surface area contributed by atoms with Gasteiger partial charge < -0.3 is 14.2 Å². The zero-order valence-corrected chi connectivity index (χ0v) is 14.8. The first-order valence-corrected chi connectivity index (χ1v) is 7.90. The van der Waals surface area contributed by atoms with Gasteiger partial charge >= 0.3 is 17.9 Å². The van der Waals surface area contributed by atoms with Gasteiger partial charge in [0, 0.05) is 12.0 Å². The minimum absolute atomic E-state index is 0.0544. The van der Waals surface area contributed by atoms with Gasteiger partial charge in [-0.15, -0.1) is 0 Å². The summed E-state index contributed by atoms with van der Waals surface area (Å²) in [5, 5.41) is 0. The predicted octanol–water partition coefficient (Wildman–Crippen LogP) is 3.26. The number of allylic oxidation sites excluding steroid dienone is 1. The van der Waals surface area contributed by atoms with E-state index < -0.39 is 46.6 Å². The van der Waals surface area contributed by atoms with E-state index in [1.807, 2.05) is 6.92 Å². The van der Waals surface area contributed by atoms with Crippen LogP contribution in [0.25, 0.3) is 0 Å². The Balaban J connectivity index is 3.35. The molecule has 6 nitrogen and oxygen atoms in total. The second-order valence-electron chi connectivity index (χ2n) is 5.24. The number of benzene rings is 1. The average Bonchev–Trinajstić information content (AvgIpc) is 2.57. The Bertz CT molecular complexity index is 691. The fourth-order valence-electron chi connectivity index (χ4n) is 2.18.